The molecule has 0 aromatic heterocycles. The number of benzene rings is 10. The standard InChI is InChI=1S/C56H39N/c1-5-18-40(19-6-1)41-32-34-48(35-33-41)57(47-26-11-4-12-27-47)49-28-17-25-45(36-49)56-54(42-20-7-2-8-21-42)38-46(39-55(56)43-22-9-3-10-23-43)53-37-44-24-13-14-29-50(44)51-30-15-16-31-52(51)53/h1-39H. The minimum absolute atomic E-state index is 1.09. The fraction of sp³-hybridized carbons (Fsp3) is 0. The van der Waals surface area contributed by atoms with Gasteiger partial charge in [-0.05, 0) is 132 Å². The van der Waals surface area contributed by atoms with Crippen molar-refractivity contribution in [2.24, 2.45) is 0 Å². The largest absolute Gasteiger partial charge is 0.310 e. The average molecular weight is 726 g/mol. The molecule has 10 aromatic rings. The first-order valence-electron chi connectivity index (χ1n) is 19.6. The summed E-state index contributed by atoms with van der Waals surface area (Å²) in [5.74, 6) is 0. The molecule has 10 rings (SSSR count). The number of nitrogens with zero attached hydrogens (tertiary/aromatic N) is 1. The van der Waals surface area contributed by atoms with Crippen molar-refractivity contribution in [1.29, 1.82) is 0 Å². The first-order valence-corrected chi connectivity index (χ1v) is 19.6. The van der Waals surface area contributed by atoms with Crippen LogP contribution in [0, 0.1) is 0 Å². The molecule has 0 aliphatic heterocycles. The fourth-order valence-electron chi connectivity index (χ4n) is 8.35. The van der Waals surface area contributed by atoms with Crippen LogP contribution in [-0.2, 0) is 0 Å². The molecule has 1 heteroatoms. The molecule has 0 unspecified atom stereocenters. The number of fused-ring (bicyclic) bond motifs is 3. The van der Waals surface area contributed by atoms with Crippen molar-refractivity contribution in [3.8, 4) is 55.6 Å². The smallest absolute Gasteiger partial charge is 0.0467 e. The molecule has 0 bridgehead atoms. The van der Waals surface area contributed by atoms with Crippen molar-refractivity contribution in [2.75, 3.05) is 4.90 Å². The van der Waals surface area contributed by atoms with Crippen molar-refractivity contribution < 1.29 is 0 Å². The highest BCUT2D eigenvalue weighted by Gasteiger charge is 2.21. The van der Waals surface area contributed by atoms with Gasteiger partial charge in [-0.2, -0.15) is 0 Å². The Morgan fingerprint density at radius 1 is 0.228 bits per heavy atom. The van der Waals surface area contributed by atoms with Gasteiger partial charge in [0.2, 0.25) is 0 Å². The Bertz CT molecular complexity index is 2910. The van der Waals surface area contributed by atoms with Gasteiger partial charge in [-0.1, -0.05) is 182 Å². The molecule has 0 aliphatic carbocycles. The van der Waals surface area contributed by atoms with E-state index in [0.29, 0.717) is 0 Å². The van der Waals surface area contributed by atoms with Crippen molar-refractivity contribution >= 4 is 38.6 Å². The molecular formula is C56H39N. The maximum absolute atomic E-state index is 2.41. The molecule has 0 radical (unpaired) electrons. The molecule has 0 atom stereocenters. The number of rotatable bonds is 8. The van der Waals surface area contributed by atoms with E-state index in [-0.39, 0.29) is 0 Å². The average Bonchev–Trinajstić information content (AvgIpc) is 3.30. The Balaban J connectivity index is 1.21. The number of anilines is 3. The maximum Gasteiger partial charge on any atom is 0.0467 e. The lowest BCUT2D eigenvalue weighted by atomic mass is 9.83. The van der Waals surface area contributed by atoms with Crippen LogP contribution in [0.15, 0.2) is 237 Å². The predicted octanol–water partition coefficient (Wildman–Crippen LogP) is 15.8. The lowest BCUT2D eigenvalue weighted by Gasteiger charge is -2.27. The van der Waals surface area contributed by atoms with Crippen molar-refractivity contribution in [3.63, 3.8) is 0 Å². The summed E-state index contributed by atoms with van der Waals surface area (Å²) in [6.07, 6.45) is 0. The zero-order valence-corrected chi connectivity index (χ0v) is 31.5. The highest BCUT2D eigenvalue weighted by molar-refractivity contribution is 6.14. The molecule has 0 aliphatic rings. The van der Waals surface area contributed by atoms with Crippen LogP contribution in [0.5, 0.6) is 0 Å². The Kier molecular flexibility index (Phi) is 8.95. The third-order valence-electron chi connectivity index (χ3n) is 11.0. The Hall–Kier alpha value is -7.48. The molecule has 1 nitrogen and oxygen atoms in total. The zero-order chi connectivity index (χ0) is 38.0. The molecule has 0 spiro atoms. The summed E-state index contributed by atoms with van der Waals surface area (Å²) in [7, 11) is 0. The van der Waals surface area contributed by atoms with Crippen LogP contribution >= 0.6 is 0 Å². The summed E-state index contributed by atoms with van der Waals surface area (Å²) in [6, 6.07) is 85.7. The fourth-order valence-corrected chi connectivity index (χ4v) is 8.35. The lowest BCUT2D eigenvalue weighted by molar-refractivity contribution is 1.28. The molecular weight excluding hydrogens is 687 g/mol. The van der Waals surface area contributed by atoms with Crippen LogP contribution in [-0.4, -0.2) is 0 Å². The molecule has 10 aromatic carbocycles. The van der Waals surface area contributed by atoms with Crippen LogP contribution in [0.2, 0.25) is 0 Å². The van der Waals surface area contributed by atoms with Crippen LogP contribution in [0.1, 0.15) is 0 Å². The molecule has 268 valence electrons. The highest BCUT2D eigenvalue weighted by atomic mass is 15.1. The van der Waals surface area contributed by atoms with Gasteiger partial charge in [0.15, 0.2) is 0 Å². The Morgan fingerprint density at radius 3 is 1.32 bits per heavy atom. The van der Waals surface area contributed by atoms with E-state index >= 15 is 0 Å². The van der Waals surface area contributed by atoms with Gasteiger partial charge in [-0.3, -0.25) is 0 Å². The first-order chi connectivity index (χ1) is 28.3. The number of hydrogen-bond acceptors (Lipinski definition) is 1. The van der Waals surface area contributed by atoms with Gasteiger partial charge in [0.25, 0.3) is 0 Å². The van der Waals surface area contributed by atoms with Gasteiger partial charge in [0.05, 0.1) is 0 Å². The van der Waals surface area contributed by atoms with E-state index in [9.17, 15) is 0 Å². The van der Waals surface area contributed by atoms with Gasteiger partial charge in [-0.15, -0.1) is 0 Å². The maximum atomic E-state index is 2.41. The second kappa shape index (κ2) is 15.0. The molecule has 0 saturated carbocycles. The Morgan fingerprint density at radius 2 is 0.684 bits per heavy atom. The zero-order valence-electron chi connectivity index (χ0n) is 31.5. The van der Waals surface area contributed by atoms with E-state index in [1.807, 2.05) is 0 Å². The quantitative estimate of drug-likeness (QED) is 0.141. The summed E-state index contributed by atoms with van der Waals surface area (Å²) in [6.45, 7) is 0. The molecule has 0 heterocycles. The van der Waals surface area contributed by atoms with E-state index in [1.54, 1.807) is 0 Å². The van der Waals surface area contributed by atoms with E-state index in [0.717, 1.165) is 22.6 Å². The van der Waals surface area contributed by atoms with E-state index in [4.69, 9.17) is 0 Å². The van der Waals surface area contributed by atoms with Crippen LogP contribution in [0.3, 0.4) is 0 Å². The van der Waals surface area contributed by atoms with Gasteiger partial charge in [0, 0.05) is 17.1 Å². The minimum atomic E-state index is 1.09. The van der Waals surface area contributed by atoms with Gasteiger partial charge >= 0.3 is 0 Å². The Labute approximate surface area is 334 Å². The lowest BCUT2D eigenvalue weighted by Crippen LogP contribution is -2.10. The normalized spacial score (nSPS) is 11.2. The van der Waals surface area contributed by atoms with E-state index < -0.39 is 0 Å². The summed E-state index contributed by atoms with van der Waals surface area (Å²) < 4.78 is 0. The molecule has 57 heavy (non-hydrogen) atoms. The van der Waals surface area contributed by atoms with Crippen LogP contribution in [0.25, 0.3) is 77.2 Å². The van der Waals surface area contributed by atoms with E-state index in [1.165, 1.54) is 71.6 Å². The monoisotopic (exact) mass is 725 g/mol. The van der Waals surface area contributed by atoms with Gasteiger partial charge in [0.1, 0.15) is 0 Å². The van der Waals surface area contributed by atoms with E-state index in [2.05, 4.69) is 241 Å². The number of hydrogen-bond donors (Lipinski definition) is 0. The molecule has 0 N–H and O–H groups in total. The second-order valence-corrected chi connectivity index (χ2v) is 14.5. The van der Waals surface area contributed by atoms with Crippen molar-refractivity contribution in [3.05, 3.63) is 237 Å². The number of para-hydroxylation sites is 1. The summed E-state index contributed by atoms with van der Waals surface area (Å²) in [4.78, 5) is 2.36. The third kappa shape index (κ3) is 6.56. The molecule has 0 saturated heterocycles. The second-order valence-electron chi connectivity index (χ2n) is 14.5. The highest BCUT2D eigenvalue weighted by Crippen LogP contribution is 2.47. The molecule has 0 fully saturated rings. The first kappa shape index (κ1) is 34.0. The summed E-state index contributed by atoms with van der Waals surface area (Å²) >= 11 is 0. The summed E-state index contributed by atoms with van der Waals surface area (Å²) in [5.41, 5.74) is 15.2. The predicted molar refractivity (Wildman–Crippen MR) is 243 cm³/mol. The third-order valence-corrected chi connectivity index (χ3v) is 11.0. The topological polar surface area (TPSA) is 3.24 Å². The van der Waals surface area contributed by atoms with Crippen LogP contribution < -0.4 is 4.90 Å². The molecule has 0 amide bonds. The van der Waals surface area contributed by atoms with Gasteiger partial charge < -0.3 is 4.90 Å². The minimum Gasteiger partial charge on any atom is -0.310 e. The SMILES string of the molecule is c1ccc(-c2ccc(N(c3ccccc3)c3cccc(-c4c(-c5ccccc5)cc(-c5cc6ccccc6c6ccccc56)cc4-c4ccccc4)c3)cc2)cc1. The van der Waals surface area contributed by atoms with Crippen molar-refractivity contribution in [2.45, 2.75) is 0 Å². The van der Waals surface area contributed by atoms with Crippen LogP contribution in [0.4, 0.5) is 17.1 Å². The summed E-state index contributed by atoms with van der Waals surface area (Å²) in [5, 5.41) is 5.03. The van der Waals surface area contributed by atoms with Crippen molar-refractivity contribution in [1.82, 2.24) is 0 Å². The van der Waals surface area contributed by atoms with Gasteiger partial charge in [-0.25, -0.2) is 0 Å².